The molecular formula is C23H31N3O4. The molecule has 1 unspecified atom stereocenters. The molecule has 0 aromatic heterocycles. The second-order valence-corrected chi connectivity index (χ2v) is 8.31. The topological polar surface area (TPSA) is 95.6 Å². The highest BCUT2D eigenvalue weighted by Gasteiger charge is 2.40. The van der Waals surface area contributed by atoms with Gasteiger partial charge in [-0.2, -0.15) is 0 Å². The van der Waals surface area contributed by atoms with Gasteiger partial charge >= 0.3 is 0 Å². The van der Waals surface area contributed by atoms with E-state index in [1.807, 2.05) is 30.3 Å². The Labute approximate surface area is 177 Å². The molecule has 0 radical (unpaired) electrons. The summed E-state index contributed by atoms with van der Waals surface area (Å²) in [6.45, 7) is 1.78. The van der Waals surface area contributed by atoms with Gasteiger partial charge in [-0.3, -0.25) is 19.2 Å². The van der Waals surface area contributed by atoms with Crippen LogP contribution in [0.2, 0.25) is 0 Å². The molecule has 30 heavy (non-hydrogen) atoms. The molecule has 1 aliphatic carbocycles. The summed E-state index contributed by atoms with van der Waals surface area (Å²) in [5, 5.41) is 5.58. The normalized spacial score (nSPS) is 20.4. The molecule has 0 bridgehead atoms. The highest BCUT2D eigenvalue weighted by Crippen LogP contribution is 2.22. The van der Waals surface area contributed by atoms with E-state index in [1.165, 1.54) is 11.8 Å². The second kappa shape index (κ2) is 10.4. The quantitative estimate of drug-likeness (QED) is 0.666. The van der Waals surface area contributed by atoms with Gasteiger partial charge in [0.1, 0.15) is 12.1 Å². The SMILES string of the molecule is CC(=O)N[C@@H](Cc1ccccc1)C(=O)N1CCCC1C(=O)C(=O)NC1CCCCC1. The molecule has 2 fully saturated rings. The maximum absolute atomic E-state index is 13.2. The first-order valence-corrected chi connectivity index (χ1v) is 10.9. The summed E-state index contributed by atoms with van der Waals surface area (Å²) in [7, 11) is 0. The zero-order valence-electron chi connectivity index (χ0n) is 17.6. The van der Waals surface area contributed by atoms with Crippen LogP contribution in [-0.4, -0.2) is 53.1 Å². The summed E-state index contributed by atoms with van der Waals surface area (Å²) in [4.78, 5) is 51.8. The molecule has 3 amide bonds. The van der Waals surface area contributed by atoms with Gasteiger partial charge in [-0.1, -0.05) is 49.6 Å². The van der Waals surface area contributed by atoms with Crippen molar-refractivity contribution in [2.45, 2.75) is 76.4 Å². The lowest BCUT2D eigenvalue weighted by Gasteiger charge is -2.29. The lowest BCUT2D eigenvalue weighted by molar-refractivity contribution is -0.145. The Morgan fingerprint density at radius 3 is 2.37 bits per heavy atom. The first-order valence-electron chi connectivity index (χ1n) is 10.9. The van der Waals surface area contributed by atoms with Crippen LogP contribution in [0.1, 0.15) is 57.4 Å². The molecule has 1 saturated carbocycles. The number of Topliss-reactive ketones (excluding diaryl/α,β-unsaturated/α-hetero) is 1. The lowest BCUT2D eigenvalue weighted by atomic mass is 9.95. The maximum Gasteiger partial charge on any atom is 0.289 e. The summed E-state index contributed by atoms with van der Waals surface area (Å²) in [5.74, 6) is -1.75. The first-order chi connectivity index (χ1) is 14.5. The Morgan fingerprint density at radius 2 is 1.70 bits per heavy atom. The highest BCUT2D eigenvalue weighted by atomic mass is 16.2. The predicted molar refractivity (Wildman–Crippen MR) is 113 cm³/mol. The fourth-order valence-corrected chi connectivity index (χ4v) is 4.45. The fraction of sp³-hybridized carbons (Fsp3) is 0.565. The zero-order chi connectivity index (χ0) is 21.5. The molecule has 7 nitrogen and oxygen atoms in total. The lowest BCUT2D eigenvalue weighted by Crippen LogP contribution is -2.54. The number of carbonyl (C=O) groups excluding carboxylic acids is 4. The summed E-state index contributed by atoms with van der Waals surface area (Å²) in [6.07, 6.45) is 6.55. The van der Waals surface area contributed by atoms with Gasteiger partial charge in [0, 0.05) is 25.9 Å². The van der Waals surface area contributed by atoms with Crippen LogP contribution in [-0.2, 0) is 25.6 Å². The van der Waals surface area contributed by atoms with E-state index >= 15 is 0 Å². The van der Waals surface area contributed by atoms with E-state index < -0.39 is 23.8 Å². The summed E-state index contributed by atoms with van der Waals surface area (Å²) in [5.41, 5.74) is 0.918. The second-order valence-electron chi connectivity index (χ2n) is 8.31. The minimum atomic E-state index is -0.764. The van der Waals surface area contributed by atoms with E-state index in [0.29, 0.717) is 25.8 Å². The fourth-order valence-electron chi connectivity index (χ4n) is 4.45. The number of hydrogen-bond donors (Lipinski definition) is 2. The minimum absolute atomic E-state index is 0.0472. The van der Waals surface area contributed by atoms with Crippen molar-refractivity contribution < 1.29 is 19.2 Å². The van der Waals surface area contributed by atoms with Gasteiger partial charge in [0.25, 0.3) is 5.91 Å². The minimum Gasteiger partial charge on any atom is -0.347 e. The third kappa shape index (κ3) is 5.68. The van der Waals surface area contributed by atoms with Crippen LogP contribution in [0, 0.1) is 0 Å². The van der Waals surface area contributed by atoms with Crippen molar-refractivity contribution in [3.63, 3.8) is 0 Å². The van der Waals surface area contributed by atoms with Crippen LogP contribution in [0.15, 0.2) is 30.3 Å². The van der Waals surface area contributed by atoms with E-state index in [1.54, 1.807) is 0 Å². The first kappa shape index (κ1) is 22.0. The van der Waals surface area contributed by atoms with Crippen molar-refractivity contribution in [2.75, 3.05) is 6.54 Å². The van der Waals surface area contributed by atoms with Gasteiger partial charge in [0.2, 0.25) is 17.6 Å². The molecule has 0 spiro atoms. The Morgan fingerprint density at radius 1 is 1.00 bits per heavy atom. The molecular weight excluding hydrogens is 382 g/mol. The maximum atomic E-state index is 13.2. The van der Waals surface area contributed by atoms with E-state index in [-0.39, 0.29) is 17.9 Å². The summed E-state index contributed by atoms with van der Waals surface area (Å²) in [6, 6.07) is 7.96. The third-order valence-corrected chi connectivity index (χ3v) is 5.96. The zero-order valence-corrected chi connectivity index (χ0v) is 17.6. The average molecular weight is 414 g/mol. The Kier molecular flexibility index (Phi) is 7.60. The van der Waals surface area contributed by atoms with E-state index in [2.05, 4.69) is 10.6 Å². The Balaban J connectivity index is 1.67. The smallest absolute Gasteiger partial charge is 0.289 e. The Bertz CT molecular complexity index is 774. The number of amides is 3. The van der Waals surface area contributed by atoms with Crippen molar-refractivity contribution >= 4 is 23.5 Å². The largest absolute Gasteiger partial charge is 0.347 e. The van der Waals surface area contributed by atoms with Gasteiger partial charge in [0.15, 0.2) is 0 Å². The van der Waals surface area contributed by atoms with Gasteiger partial charge in [0.05, 0.1) is 0 Å². The monoisotopic (exact) mass is 413 g/mol. The van der Waals surface area contributed by atoms with E-state index in [4.69, 9.17) is 0 Å². The molecule has 1 heterocycles. The van der Waals surface area contributed by atoms with Crippen molar-refractivity contribution in [1.29, 1.82) is 0 Å². The molecule has 2 N–H and O–H groups in total. The third-order valence-electron chi connectivity index (χ3n) is 5.96. The van der Waals surface area contributed by atoms with Crippen LogP contribution >= 0.6 is 0 Å². The van der Waals surface area contributed by atoms with Gasteiger partial charge in [-0.05, 0) is 31.2 Å². The number of ketones is 1. The molecule has 2 atom stereocenters. The van der Waals surface area contributed by atoms with E-state index in [0.717, 1.165) is 37.7 Å². The molecule has 1 aliphatic heterocycles. The Hall–Kier alpha value is -2.70. The number of nitrogens with zero attached hydrogens (tertiary/aromatic N) is 1. The molecule has 1 aromatic carbocycles. The number of nitrogens with one attached hydrogen (secondary N) is 2. The molecule has 3 rings (SSSR count). The molecule has 1 aromatic rings. The molecule has 162 valence electrons. The summed E-state index contributed by atoms with van der Waals surface area (Å²) >= 11 is 0. The number of hydrogen-bond acceptors (Lipinski definition) is 4. The van der Waals surface area contributed by atoms with Crippen LogP contribution in [0.4, 0.5) is 0 Å². The molecule has 7 heteroatoms. The number of likely N-dealkylation sites (tertiary alicyclic amines) is 1. The van der Waals surface area contributed by atoms with Crippen LogP contribution in [0.25, 0.3) is 0 Å². The van der Waals surface area contributed by atoms with Crippen molar-refractivity contribution in [3.8, 4) is 0 Å². The van der Waals surface area contributed by atoms with Crippen LogP contribution < -0.4 is 10.6 Å². The van der Waals surface area contributed by atoms with Gasteiger partial charge < -0.3 is 15.5 Å². The van der Waals surface area contributed by atoms with Gasteiger partial charge in [-0.15, -0.1) is 0 Å². The number of rotatable bonds is 7. The van der Waals surface area contributed by atoms with Crippen molar-refractivity contribution in [3.05, 3.63) is 35.9 Å². The molecule has 2 aliphatic rings. The number of benzene rings is 1. The number of carbonyl (C=O) groups is 4. The van der Waals surface area contributed by atoms with Crippen molar-refractivity contribution in [1.82, 2.24) is 15.5 Å². The summed E-state index contributed by atoms with van der Waals surface area (Å²) < 4.78 is 0. The molecule has 1 saturated heterocycles. The standard InChI is InChI=1S/C23H31N3O4/c1-16(27)24-19(15-17-9-4-2-5-10-17)23(30)26-14-8-13-20(26)21(28)22(29)25-18-11-6-3-7-12-18/h2,4-5,9-10,18-20H,3,6-8,11-15H2,1H3,(H,24,27)(H,25,29)/t19-,20?/m0/s1. The van der Waals surface area contributed by atoms with Gasteiger partial charge in [-0.25, -0.2) is 0 Å². The van der Waals surface area contributed by atoms with Crippen LogP contribution in [0.3, 0.4) is 0 Å². The average Bonchev–Trinajstić information content (AvgIpc) is 3.23. The van der Waals surface area contributed by atoms with Crippen LogP contribution in [0.5, 0.6) is 0 Å². The van der Waals surface area contributed by atoms with Crippen molar-refractivity contribution in [2.24, 2.45) is 0 Å². The predicted octanol–water partition coefficient (Wildman–Crippen LogP) is 1.74. The van der Waals surface area contributed by atoms with E-state index in [9.17, 15) is 19.2 Å². The highest BCUT2D eigenvalue weighted by molar-refractivity contribution is 6.38.